The van der Waals surface area contributed by atoms with Crippen molar-refractivity contribution in [3.63, 3.8) is 0 Å². The molecule has 1 heterocycles. The SMILES string of the molecule is Cc1ncsc1CCOCc1cccc([N+](=O)[O-])c1Br. The zero-order valence-electron chi connectivity index (χ0n) is 10.8. The molecule has 0 bridgehead atoms. The van der Waals surface area contributed by atoms with Gasteiger partial charge < -0.3 is 4.74 Å². The van der Waals surface area contributed by atoms with E-state index >= 15 is 0 Å². The second kappa shape index (κ2) is 6.92. The molecule has 0 spiro atoms. The van der Waals surface area contributed by atoms with Gasteiger partial charge >= 0.3 is 0 Å². The smallest absolute Gasteiger partial charge is 0.283 e. The van der Waals surface area contributed by atoms with Gasteiger partial charge in [0.25, 0.3) is 5.69 Å². The van der Waals surface area contributed by atoms with Crippen LogP contribution in [0.4, 0.5) is 5.69 Å². The standard InChI is InChI=1S/C13H13BrN2O3S/c1-9-12(20-8-15-9)5-6-19-7-10-3-2-4-11(13(10)14)16(17)18/h2-4,8H,5-7H2,1H3. The minimum Gasteiger partial charge on any atom is -0.376 e. The maximum atomic E-state index is 10.8. The summed E-state index contributed by atoms with van der Waals surface area (Å²) in [6.45, 7) is 2.89. The molecule has 0 aliphatic heterocycles. The fourth-order valence-corrected chi connectivity index (χ4v) is 3.02. The summed E-state index contributed by atoms with van der Waals surface area (Å²) in [4.78, 5) is 15.8. The number of aryl methyl sites for hydroxylation is 1. The van der Waals surface area contributed by atoms with Crippen LogP contribution in [0, 0.1) is 17.0 Å². The molecular weight excluding hydrogens is 344 g/mol. The molecular formula is C13H13BrN2O3S. The first-order valence-electron chi connectivity index (χ1n) is 5.98. The van der Waals surface area contributed by atoms with E-state index in [4.69, 9.17) is 4.74 Å². The lowest BCUT2D eigenvalue weighted by atomic mass is 10.2. The van der Waals surface area contributed by atoms with Gasteiger partial charge in [0.05, 0.1) is 29.3 Å². The Morgan fingerprint density at radius 2 is 2.30 bits per heavy atom. The predicted molar refractivity (Wildman–Crippen MR) is 81.0 cm³/mol. The average molecular weight is 357 g/mol. The van der Waals surface area contributed by atoms with Crippen molar-refractivity contribution < 1.29 is 9.66 Å². The van der Waals surface area contributed by atoms with Gasteiger partial charge in [-0.05, 0) is 28.4 Å². The van der Waals surface area contributed by atoms with E-state index in [0.717, 1.165) is 17.7 Å². The second-order valence-electron chi connectivity index (χ2n) is 4.17. The number of rotatable bonds is 6. The Balaban J connectivity index is 1.90. The van der Waals surface area contributed by atoms with Crippen molar-refractivity contribution >= 4 is 33.0 Å². The molecule has 20 heavy (non-hydrogen) atoms. The molecule has 0 atom stereocenters. The Kier molecular flexibility index (Phi) is 5.22. The predicted octanol–water partition coefficient (Wildman–Crippen LogP) is 3.88. The first-order chi connectivity index (χ1) is 9.59. The van der Waals surface area contributed by atoms with Crippen LogP contribution in [-0.4, -0.2) is 16.5 Å². The summed E-state index contributed by atoms with van der Waals surface area (Å²) < 4.78 is 6.08. The number of benzene rings is 1. The third-order valence-electron chi connectivity index (χ3n) is 2.83. The highest BCUT2D eigenvalue weighted by atomic mass is 79.9. The molecule has 0 aliphatic rings. The number of halogens is 1. The van der Waals surface area contributed by atoms with Crippen molar-refractivity contribution in [2.45, 2.75) is 20.0 Å². The highest BCUT2D eigenvalue weighted by Gasteiger charge is 2.14. The molecule has 0 radical (unpaired) electrons. The number of thiazole rings is 1. The van der Waals surface area contributed by atoms with E-state index in [1.54, 1.807) is 17.4 Å². The van der Waals surface area contributed by atoms with E-state index < -0.39 is 4.92 Å². The molecule has 0 fully saturated rings. The summed E-state index contributed by atoms with van der Waals surface area (Å²) in [5.74, 6) is 0. The van der Waals surface area contributed by atoms with Crippen molar-refractivity contribution in [3.05, 3.63) is 54.4 Å². The number of hydrogen-bond acceptors (Lipinski definition) is 5. The maximum absolute atomic E-state index is 10.8. The van der Waals surface area contributed by atoms with Crippen LogP contribution >= 0.6 is 27.3 Å². The number of hydrogen-bond donors (Lipinski definition) is 0. The third kappa shape index (κ3) is 3.62. The van der Waals surface area contributed by atoms with Crippen LogP contribution in [0.5, 0.6) is 0 Å². The largest absolute Gasteiger partial charge is 0.376 e. The van der Waals surface area contributed by atoms with E-state index in [2.05, 4.69) is 20.9 Å². The van der Waals surface area contributed by atoms with E-state index in [9.17, 15) is 10.1 Å². The van der Waals surface area contributed by atoms with Crippen molar-refractivity contribution in [2.24, 2.45) is 0 Å². The van der Waals surface area contributed by atoms with Crippen LogP contribution in [0.1, 0.15) is 16.1 Å². The van der Waals surface area contributed by atoms with Crippen LogP contribution in [0.15, 0.2) is 28.2 Å². The molecule has 1 aromatic heterocycles. The third-order valence-corrected chi connectivity index (χ3v) is 4.74. The molecule has 0 saturated carbocycles. The molecule has 0 aliphatic carbocycles. The number of nitrogens with zero attached hydrogens (tertiary/aromatic N) is 2. The molecule has 1 aromatic carbocycles. The fourth-order valence-electron chi connectivity index (χ4n) is 1.73. The summed E-state index contributed by atoms with van der Waals surface area (Å²) >= 11 is 4.87. The highest BCUT2D eigenvalue weighted by molar-refractivity contribution is 9.10. The van der Waals surface area contributed by atoms with Gasteiger partial charge in [-0.2, -0.15) is 0 Å². The number of ether oxygens (including phenoxy) is 1. The van der Waals surface area contributed by atoms with Crippen molar-refractivity contribution in [3.8, 4) is 0 Å². The van der Waals surface area contributed by atoms with Crippen LogP contribution in [0.3, 0.4) is 0 Å². The van der Waals surface area contributed by atoms with Gasteiger partial charge in [0.2, 0.25) is 0 Å². The molecule has 2 rings (SSSR count). The molecule has 5 nitrogen and oxygen atoms in total. The summed E-state index contributed by atoms with van der Waals surface area (Å²) in [6, 6.07) is 4.94. The zero-order valence-corrected chi connectivity index (χ0v) is 13.2. The van der Waals surface area contributed by atoms with E-state index in [1.807, 2.05) is 18.5 Å². The van der Waals surface area contributed by atoms with Gasteiger partial charge in [-0.25, -0.2) is 4.98 Å². The summed E-state index contributed by atoms with van der Waals surface area (Å²) in [5.41, 5.74) is 3.70. The first kappa shape index (κ1) is 15.1. The quantitative estimate of drug-likeness (QED) is 0.447. The highest BCUT2D eigenvalue weighted by Crippen LogP contribution is 2.28. The Labute approximate surface area is 128 Å². The average Bonchev–Trinajstić information content (AvgIpc) is 2.81. The number of aromatic nitrogens is 1. The van der Waals surface area contributed by atoms with Gasteiger partial charge in [-0.15, -0.1) is 11.3 Å². The summed E-state index contributed by atoms with van der Waals surface area (Å²) in [6.07, 6.45) is 0.809. The monoisotopic (exact) mass is 356 g/mol. The minimum atomic E-state index is -0.408. The fraction of sp³-hybridized carbons (Fsp3) is 0.308. The Hall–Kier alpha value is -1.31. The molecule has 0 amide bonds. The lowest BCUT2D eigenvalue weighted by Crippen LogP contribution is -2.01. The topological polar surface area (TPSA) is 65.3 Å². The van der Waals surface area contributed by atoms with Crippen molar-refractivity contribution in [1.29, 1.82) is 0 Å². The molecule has 2 aromatic rings. The van der Waals surface area contributed by atoms with E-state index in [-0.39, 0.29) is 5.69 Å². The first-order valence-corrected chi connectivity index (χ1v) is 7.65. The molecule has 7 heteroatoms. The summed E-state index contributed by atoms with van der Waals surface area (Å²) in [5, 5.41) is 10.8. The van der Waals surface area contributed by atoms with Gasteiger partial charge in [-0.1, -0.05) is 12.1 Å². The number of nitro groups is 1. The van der Waals surface area contributed by atoms with E-state index in [0.29, 0.717) is 17.7 Å². The Morgan fingerprint density at radius 1 is 1.50 bits per heavy atom. The van der Waals surface area contributed by atoms with Crippen LogP contribution < -0.4 is 0 Å². The van der Waals surface area contributed by atoms with Gasteiger partial charge in [0.1, 0.15) is 4.47 Å². The van der Waals surface area contributed by atoms with Crippen molar-refractivity contribution in [1.82, 2.24) is 4.98 Å². The lowest BCUT2D eigenvalue weighted by Gasteiger charge is -2.06. The number of nitro benzene ring substituents is 1. The molecule has 106 valence electrons. The van der Waals surface area contributed by atoms with Crippen LogP contribution in [0.25, 0.3) is 0 Å². The Morgan fingerprint density at radius 3 is 2.95 bits per heavy atom. The normalized spacial score (nSPS) is 10.7. The van der Waals surface area contributed by atoms with Gasteiger partial charge in [0, 0.05) is 17.4 Å². The van der Waals surface area contributed by atoms with Crippen molar-refractivity contribution in [2.75, 3.05) is 6.61 Å². The molecule has 0 unspecified atom stereocenters. The molecule has 0 N–H and O–H groups in total. The van der Waals surface area contributed by atoms with Gasteiger partial charge in [-0.3, -0.25) is 10.1 Å². The summed E-state index contributed by atoms with van der Waals surface area (Å²) in [7, 11) is 0. The van der Waals surface area contributed by atoms with Crippen LogP contribution in [0.2, 0.25) is 0 Å². The molecule has 0 saturated heterocycles. The van der Waals surface area contributed by atoms with E-state index in [1.165, 1.54) is 10.9 Å². The minimum absolute atomic E-state index is 0.0596. The Bertz CT molecular complexity index is 615. The lowest BCUT2D eigenvalue weighted by molar-refractivity contribution is -0.385. The zero-order chi connectivity index (χ0) is 14.5. The second-order valence-corrected chi connectivity index (χ2v) is 5.90. The van der Waals surface area contributed by atoms with Crippen LogP contribution in [-0.2, 0) is 17.8 Å². The maximum Gasteiger partial charge on any atom is 0.283 e. The van der Waals surface area contributed by atoms with Gasteiger partial charge in [0.15, 0.2) is 0 Å².